The van der Waals surface area contributed by atoms with E-state index in [0.717, 1.165) is 0 Å². The van der Waals surface area contributed by atoms with Crippen LogP contribution in [0.4, 0.5) is 0 Å². The van der Waals surface area contributed by atoms with Crippen LogP contribution in [-0.2, 0) is 64.6 Å². The summed E-state index contributed by atoms with van der Waals surface area (Å²) in [5.41, 5.74) is 2.87. The molecule has 0 spiro atoms. The van der Waals surface area contributed by atoms with Crippen LogP contribution in [0.15, 0.2) is 131 Å². The smallest absolute Gasteiger partial charge is 0.348 e. The largest absolute Gasteiger partial charge is 0.488 e. The Morgan fingerprint density at radius 2 is 0.571 bits per heavy atom. The van der Waals surface area contributed by atoms with Crippen molar-refractivity contribution < 1.29 is 57.1 Å². The number of benzene rings is 5. The van der Waals surface area contributed by atoms with Gasteiger partial charge < -0.3 is 37.9 Å². The summed E-state index contributed by atoms with van der Waals surface area (Å²) in [7, 11) is 4.66. The van der Waals surface area contributed by atoms with Gasteiger partial charge in [-0.25, -0.2) is 19.2 Å². The molecule has 0 aromatic heterocycles. The van der Waals surface area contributed by atoms with Crippen molar-refractivity contribution in [3.63, 3.8) is 0 Å². The van der Waals surface area contributed by atoms with Gasteiger partial charge in [0.05, 0.1) is 28.4 Å². The number of rotatable bonds is 20. The number of esters is 4. The first kappa shape index (κ1) is 51.1. The number of nitriles is 4. The molecular weight excluding hydrogens is 897 g/mol. The predicted molar refractivity (Wildman–Crippen MR) is 252 cm³/mol. The second-order valence-corrected chi connectivity index (χ2v) is 14.3. The molecule has 70 heavy (non-hydrogen) atoms. The fourth-order valence-electron chi connectivity index (χ4n) is 6.48. The van der Waals surface area contributed by atoms with Crippen LogP contribution in [0.5, 0.6) is 23.0 Å². The number of methoxy groups -OCH3 is 4. The first-order valence-corrected chi connectivity index (χ1v) is 20.8. The molecule has 0 atom stereocenters. The lowest BCUT2D eigenvalue weighted by Crippen LogP contribution is -2.11. The van der Waals surface area contributed by atoms with Gasteiger partial charge in [-0.2, -0.15) is 21.0 Å². The summed E-state index contributed by atoms with van der Waals surface area (Å²) in [5, 5.41) is 38.8. The molecule has 5 rings (SSSR count). The third-order valence-electron chi connectivity index (χ3n) is 10.0. The van der Waals surface area contributed by atoms with E-state index < -0.39 is 23.9 Å². The number of nitrogens with zero attached hydrogens (tertiary/aromatic N) is 4. The van der Waals surface area contributed by atoms with Crippen molar-refractivity contribution in [3.8, 4) is 47.3 Å². The quantitative estimate of drug-likeness (QED) is 0.0308. The Morgan fingerprint density at radius 3 is 0.757 bits per heavy atom. The van der Waals surface area contributed by atoms with Crippen LogP contribution in [0.25, 0.3) is 24.3 Å². The molecule has 0 amide bonds. The van der Waals surface area contributed by atoms with Gasteiger partial charge in [0.1, 0.15) is 96.0 Å². The van der Waals surface area contributed by atoms with Gasteiger partial charge in [0, 0.05) is 22.3 Å². The summed E-state index contributed by atoms with van der Waals surface area (Å²) in [5.74, 6) is -2.08. The lowest BCUT2D eigenvalue weighted by Gasteiger charge is -2.20. The van der Waals surface area contributed by atoms with Gasteiger partial charge in [0.2, 0.25) is 0 Å². The molecular formula is C54H42N4O12. The van der Waals surface area contributed by atoms with E-state index in [0.29, 0.717) is 67.5 Å². The maximum Gasteiger partial charge on any atom is 0.348 e. The monoisotopic (exact) mass is 938 g/mol. The van der Waals surface area contributed by atoms with Crippen LogP contribution in [0.1, 0.15) is 44.5 Å². The standard InChI is InChI=1S/C54H42N4O12/c1-63-51(59)39(27-55)21-35-13-5-9-17-47(35)67-31-43-25-45(33-69-49-19-11-7-15-37(49)23-41(29-57)53(61)65-3)46(34-70-50-20-12-8-16-38(50)24-42(30-58)54(62)66-4)26-44(43)32-68-48-18-10-6-14-36(48)22-40(28-56)52(60)64-2/h5-26H,31-34H2,1-4H3/b39-21-,40-22+,41-23+,42-24+. The van der Waals surface area contributed by atoms with Gasteiger partial charge in [0.25, 0.3) is 0 Å². The van der Waals surface area contributed by atoms with E-state index in [1.165, 1.54) is 52.7 Å². The molecule has 0 aliphatic carbocycles. The Balaban J connectivity index is 1.66. The number of para-hydroxylation sites is 4. The molecule has 0 aliphatic heterocycles. The third kappa shape index (κ3) is 13.6. The summed E-state index contributed by atoms with van der Waals surface area (Å²) in [6.45, 7) is -0.435. The average molecular weight is 939 g/mol. The first-order valence-electron chi connectivity index (χ1n) is 20.8. The highest BCUT2D eigenvalue weighted by molar-refractivity contribution is 6.00. The molecule has 0 bridgehead atoms. The molecule has 0 saturated heterocycles. The second kappa shape index (κ2) is 25.7. The number of hydrogen-bond donors (Lipinski definition) is 0. The van der Waals surface area contributed by atoms with Crippen molar-refractivity contribution in [1.29, 1.82) is 21.0 Å². The Morgan fingerprint density at radius 1 is 0.371 bits per heavy atom. The first-order chi connectivity index (χ1) is 34.0. The lowest BCUT2D eigenvalue weighted by atomic mass is 9.99. The molecule has 350 valence electrons. The van der Waals surface area contributed by atoms with Gasteiger partial charge in [0.15, 0.2) is 0 Å². The third-order valence-corrected chi connectivity index (χ3v) is 10.0. The molecule has 0 unspecified atom stereocenters. The zero-order valence-electron chi connectivity index (χ0n) is 38.2. The van der Waals surface area contributed by atoms with Crippen molar-refractivity contribution in [3.05, 3.63) is 176 Å². The fourth-order valence-corrected chi connectivity index (χ4v) is 6.48. The summed E-state index contributed by atoms with van der Waals surface area (Å²) in [4.78, 5) is 49.4. The van der Waals surface area contributed by atoms with Crippen molar-refractivity contribution in [1.82, 2.24) is 0 Å². The number of carbonyl (C=O) groups excluding carboxylic acids is 4. The van der Waals surface area contributed by atoms with Crippen LogP contribution in [0.2, 0.25) is 0 Å². The fraction of sp³-hybridized carbons (Fsp3) is 0.148. The second-order valence-electron chi connectivity index (χ2n) is 14.3. The Kier molecular flexibility index (Phi) is 18.8. The van der Waals surface area contributed by atoms with Crippen molar-refractivity contribution in [2.75, 3.05) is 28.4 Å². The number of hydrogen-bond acceptors (Lipinski definition) is 16. The van der Waals surface area contributed by atoms with Crippen molar-refractivity contribution in [2.45, 2.75) is 26.4 Å². The van der Waals surface area contributed by atoms with E-state index >= 15 is 0 Å². The molecule has 16 nitrogen and oxygen atoms in total. The van der Waals surface area contributed by atoms with E-state index in [4.69, 9.17) is 37.9 Å². The highest BCUT2D eigenvalue weighted by atomic mass is 16.5. The maximum absolute atomic E-state index is 12.3. The minimum atomic E-state index is -0.832. The highest BCUT2D eigenvalue weighted by Gasteiger charge is 2.19. The minimum absolute atomic E-state index is 0.109. The van der Waals surface area contributed by atoms with Crippen LogP contribution in [-0.4, -0.2) is 52.3 Å². The molecule has 0 saturated carbocycles. The van der Waals surface area contributed by atoms with E-state index in [1.54, 1.807) is 97.1 Å². The maximum atomic E-state index is 12.3. The number of carbonyl (C=O) groups is 4. The SMILES string of the molecule is COC(=O)/C(C#N)=C\c1ccccc1OCc1cc(COc2ccccc2/C=C(\C#N)C(=O)OC)c(COc2ccccc2/C=C(\C#N)C(=O)OC)cc1COc1ccccc1/C=C(\C#N)C(=O)OC. The summed E-state index contributed by atoms with van der Waals surface area (Å²) >= 11 is 0. The van der Waals surface area contributed by atoms with Crippen LogP contribution in [0.3, 0.4) is 0 Å². The normalized spacial score (nSPS) is 11.3. The van der Waals surface area contributed by atoms with E-state index in [2.05, 4.69) is 0 Å². The van der Waals surface area contributed by atoms with Gasteiger partial charge in [-0.3, -0.25) is 0 Å². The molecule has 5 aromatic carbocycles. The average Bonchev–Trinajstić information content (AvgIpc) is 3.40. The van der Waals surface area contributed by atoms with Gasteiger partial charge in [-0.1, -0.05) is 72.8 Å². The number of ether oxygens (including phenoxy) is 8. The summed E-state index contributed by atoms with van der Waals surface area (Å²) in [6.07, 6.45) is 5.39. The Hall–Kier alpha value is -9.90. The van der Waals surface area contributed by atoms with Gasteiger partial charge in [-0.15, -0.1) is 0 Å². The van der Waals surface area contributed by atoms with E-state index in [9.17, 15) is 40.2 Å². The predicted octanol–water partition coefficient (Wildman–Crippen LogP) is 8.32. The van der Waals surface area contributed by atoms with Crippen molar-refractivity contribution >= 4 is 48.2 Å². The van der Waals surface area contributed by atoms with E-state index in [-0.39, 0.29) is 48.7 Å². The summed E-state index contributed by atoms with van der Waals surface area (Å²) < 4.78 is 44.7. The van der Waals surface area contributed by atoms with Crippen molar-refractivity contribution in [2.24, 2.45) is 0 Å². The van der Waals surface area contributed by atoms with Gasteiger partial charge in [-0.05, 0) is 83.0 Å². The molecule has 0 N–H and O–H groups in total. The highest BCUT2D eigenvalue weighted by Crippen LogP contribution is 2.31. The zero-order valence-corrected chi connectivity index (χ0v) is 38.2. The van der Waals surface area contributed by atoms with Gasteiger partial charge >= 0.3 is 23.9 Å². The molecule has 0 aliphatic rings. The Labute approximate surface area is 403 Å². The molecule has 5 aromatic rings. The van der Waals surface area contributed by atoms with E-state index in [1.807, 2.05) is 36.4 Å². The lowest BCUT2D eigenvalue weighted by molar-refractivity contribution is -0.136. The zero-order chi connectivity index (χ0) is 50.4. The molecule has 0 fully saturated rings. The van der Waals surface area contributed by atoms with Crippen LogP contribution >= 0.6 is 0 Å². The van der Waals surface area contributed by atoms with Crippen LogP contribution < -0.4 is 18.9 Å². The Bertz CT molecular complexity index is 2680. The molecule has 16 heteroatoms. The molecule has 0 radical (unpaired) electrons. The summed E-state index contributed by atoms with van der Waals surface area (Å²) in [6, 6.07) is 38.0. The topological polar surface area (TPSA) is 237 Å². The van der Waals surface area contributed by atoms with Crippen LogP contribution in [0, 0.1) is 45.3 Å². The molecule has 0 heterocycles. The minimum Gasteiger partial charge on any atom is -0.488 e.